The molecule has 108 valence electrons. The number of aliphatic hydroxyl groups is 2. The average molecular weight is 280 g/mol. The van der Waals surface area contributed by atoms with Gasteiger partial charge in [0.25, 0.3) is 0 Å². The molecule has 2 aromatic carbocycles. The highest BCUT2D eigenvalue weighted by Crippen LogP contribution is 2.08. The first-order valence-electron chi connectivity index (χ1n) is 7.06. The summed E-state index contributed by atoms with van der Waals surface area (Å²) in [7, 11) is 0. The van der Waals surface area contributed by atoms with Crippen LogP contribution in [0.1, 0.15) is 17.5 Å². The van der Waals surface area contributed by atoms with E-state index in [1.165, 1.54) is 0 Å². The molecule has 2 heteroatoms. The molecule has 2 N–H and O–H groups in total. The largest absolute Gasteiger partial charge is 0.389 e. The SMILES string of the molecule is O[C@H](/C=C/c1ccccc1)C[C@@H](O)/C=C/c1ccccc1. The van der Waals surface area contributed by atoms with Gasteiger partial charge < -0.3 is 10.2 Å². The lowest BCUT2D eigenvalue weighted by Gasteiger charge is -2.09. The Balaban J connectivity index is 1.83. The molecule has 0 unspecified atom stereocenters. The topological polar surface area (TPSA) is 40.5 Å². The van der Waals surface area contributed by atoms with Crippen molar-refractivity contribution < 1.29 is 10.2 Å². The Labute approximate surface area is 125 Å². The molecule has 21 heavy (non-hydrogen) atoms. The Kier molecular flexibility index (Phi) is 5.95. The van der Waals surface area contributed by atoms with Gasteiger partial charge in [-0.3, -0.25) is 0 Å². The number of hydrogen-bond donors (Lipinski definition) is 2. The molecule has 0 spiro atoms. The Bertz CT molecular complexity index is 520. The quantitative estimate of drug-likeness (QED) is 0.850. The van der Waals surface area contributed by atoms with Crippen molar-refractivity contribution in [2.24, 2.45) is 0 Å². The molecule has 2 atom stereocenters. The highest BCUT2D eigenvalue weighted by Gasteiger charge is 2.06. The van der Waals surface area contributed by atoms with E-state index in [2.05, 4.69) is 0 Å². The molecule has 2 nitrogen and oxygen atoms in total. The van der Waals surface area contributed by atoms with Gasteiger partial charge in [0.2, 0.25) is 0 Å². The van der Waals surface area contributed by atoms with Crippen molar-refractivity contribution in [2.75, 3.05) is 0 Å². The van der Waals surface area contributed by atoms with Crippen LogP contribution in [0, 0.1) is 0 Å². The van der Waals surface area contributed by atoms with Crippen LogP contribution in [0.25, 0.3) is 12.2 Å². The summed E-state index contributed by atoms with van der Waals surface area (Å²) >= 11 is 0. The zero-order valence-electron chi connectivity index (χ0n) is 11.8. The number of benzene rings is 2. The Morgan fingerprint density at radius 1 is 0.667 bits per heavy atom. The summed E-state index contributed by atoms with van der Waals surface area (Å²) in [6.07, 6.45) is 6.08. The minimum atomic E-state index is -0.666. The maximum Gasteiger partial charge on any atom is 0.0751 e. The van der Waals surface area contributed by atoms with Gasteiger partial charge in [0.1, 0.15) is 0 Å². The molecule has 0 radical (unpaired) electrons. The van der Waals surface area contributed by atoms with Crippen molar-refractivity contribution in [1.29, 1.82) is 0 Å². The van der Waals surface area contributed by atoms with Gasteiger partial charge in [-0.15, -0.1) is 0 Å². The van der Waals surface area contributed by atoms with E-state index in [9.17, 15) is 10.2 Å². The standard InChI is InChI=1S/C19H20O2/c20-18(13-11-16-7-3-1-4-8-16)15-19(21)14-12-17-9-5-2-6-10-17/h1-14,18-21H,15H2/b13-11+,14-12+/t18-,19+. The van der Waals surface area contributed by atoms with Crippen LogP contribution in [0.4, 0.5) is 0 Å². The fourth-order valence-electron chi connectivity index (χ4n) is 1.98. The van der Waals surface area contributed by atoms with Gasteiger partial charge in [-0.05, 0) is 11.1 Å². The Hall–Kier alpha value is -2.16. The van der Waals surface area contributed by atoms with E-state index in [-0.39, 0.29) is 6.42 Å². The van der Waals surface area contributed by atoms with E-state index in [1.807, 2.05) is 72.8 Å². The molecule has 0 aliphatic rings. The molecule has 0 aromatic heterocycles. The zero-order valence-corrected chi connectivity index (χ0v) is 11.8. The fourth-order valence-corrected chi connectivity index (χ4v) is 1.98. The summed E-state index contributed by atoms with van der Waals surface area (Å²) < 4.78 is 0. The molecule has 0 aliphatic heterocycles. The van der Waals surface area contributed by atoms with Crippen molar-refractivity contribution in [2.45, 2.75) is 18.6 Å². The third-order valence-corrected chi connectivity index (χ3v) is 3.10. The van der Waals surface area contributed by atoms with Crippen molar-refractivity contribution in [3.8, 4) is 0 Å². The van der Waals surface area contributed by atoms with Gasteiger partial charge in [0, 0.05) is 6.42 Å². The van der Waals surface area contributed by atoms with E-state index in [0.29, 0.717) is 0 Å². The van der Waals surface area contributed by atoms with E-state index < -0.39 is 12.2 Å². The predicted molar refractivity (Wildman–Crippen MR) is 87.6 cm³/mol. The monoisotopic (exact) mass is 280 g/mol. The minimum absolute atomic E-state index is 0.284. The molecule has 0 amide bonds. The van der Waals surface area contributed by atoms with Gasteiger partial charge in [-0.1, -0.05) is 85.0 Å². The van der Waals surface area contributed by atoms with Gasteiger partial charge >= 0.3 is 0 Å². The second-order valence-corrected chi connectivity index (χ2v) is 4.91. The summed E-state index contributed by atoms with van der Waals surface area (Å²) in [6, 6.07) is 19.6. The molecular weight excluding hydrogens is 260 g/mol. The number of rotatable bonds is 6. The van der Waals surface area contributed by atoms with E-state index in [1.54, 1.807) is 12.2 Å². The molecule has 0 saturated heterocycles. The summed E-state index contributed by atoms with van der Waals surface area (Å²) in [6.45, 7) is 0. The lowest BCUT2D eigenvalue weighted by molar-refractivity contribution is 0.134. The third kappa shape index (κ3) is 5.78. The van der Waals surface area contributed by atoms with E-state index >= 15 is 0 Å². The molecule has 0 heterocycles. The zero-order chi connectivity index (χ0) is 14.9. The predicted octanol–water partition coefficient (Wildman–Crippen LogP) is 3.53. The highest BCUT2D eigenvalue weighted by atomic mass is 16.3. The third-order valence-electron chi connectivity index (χ3n) is 3.10. The number of aliphatic hydroxyl groups excluding tert-OH is 2. The first-order valence-corrected chi connectivity index (χ1v) is 7.06. The summed E-state index contributed by atoms with van der Waals surface area (Å²) in [4.78, 5) is 0. The lowest BCUT2D eigenvalue weighted by atomic mass is 10.1. The van der Waals surface area contributed by atoms with Crippen molar-refractivity contribution >= 4 is 12.2 Å². The molecular formula is C19H20O2. The molecule has 0 fully saturated rings. The second-order valence-electron chi connectivity index (χ2n) is 4.91. The van der Waals surface area contributed by atoms with E-state index in [0.717, 1.165) is 11.1 Å². The van der Waals surface area contributed by atoms with Gasteiger partial charge in [0.15, 0.2) is 0 Å². The van der Waals surface area contributed by atoms with Crippen LogP contribution in [0.15, 0.2) is 72.8 Å². The Morgan fingerprint density at radius 2 is 1.05 bits per heavy atom. The van der Waals surface area contributed by atoms with Crippen LogP contribution in [0.3, 0.4) is 0 Å². The summed E-state index contributed by atoms with van der Waals surface area (Å²) in [5.74, 6) is 0. The van der Waals surface area contributed by atoms with Crippen molar-refractivity contribution in [3.05, 3.63) is 83.9 Å². The molecule has 0 saturated carbocycles. The lowest BCUT2D eigenvalue weighted by Crippen LogP contribution is -2.13. The van der Waals surface area contributed by atoms with E-state index in [4.69, 9.17) is 0 Å². The van der Waals surface area contributed by atoms with Crippen molar-refractivity contribution in [3.63, 3.8) is 0 Å². The maximum atomic E-state index is 9.90. The summed E-state index contributed by atoms with van der Waals surface area (Å²) in [5, 5.41) is 19.8. The first-order chi connectivity index (χ1) is 10.2. The molecule has 2 aromatic rings. The van der Waals surface area contributed by atoms with Gasteiger partial charge in [-0.25, -0.2) is 0 Å². The highest BCUT2D eigenvalue weighted by molar-refractivity contribution is 5.50. The average Bonchev–Trinajstić information content (AvgIpc) is 2.53. The second kappa shape index (κ2) is 8.20. The Morgan fingerprint density at radius 3 is 1.43 bits per heavy atom. The van der Waals surface area contributed by atoms with Crippen LogP contribution in [-0.2, 0) is 0 Å². The van der Waals surface area contributed by atoms with Gasteiger partial charge in [0.05, 0.1) is 12.2 Å². The minimum Gasteiger partial charge on any atom is -0.389 e. The fraction of sp³-hybridized carbons (Fsp3) is 0.158. The van der Waals surface area contributed by atoms with Crippen LogP contribution in [0.2, 0.25) is 0 Å². The molecule has 2 rings (SSSR count). The normalized spacial score (nSPS) is 14.6. The summed E-state index contributed by atoms with van der Waals surface area (Å²) in [5.41, 5.74) is 2.07. The first kappa shape index (κ1) is 15.2. The van der Waals surface area contributed by atoms with Crippen LogP contribution in [-0.4, -0.2) is 22.4 Å². The van der Waals surface area contributed by atoms with Crippen LogP contribution < -0.4 is 0 Å². The maximum absolute atomic E-state index is 9.90. The van der Waals surface area contributed by atoms with Gasteiger partial charge in [-0.2, -0.15) is 0 Å². The van der Waals surface area contributed by atoms with Crippen LogP contribution in [0.5, 0.6) is 0 Å². The molecule has 0 bridgehead atoms. The number of hydrogen-bond acceptors (Lipinski definition) is 2. The smallest absolute Gasteiger partial charge is 0.0751 e. The molecule has 0 aliphatic carbocycles. The van der Waals surface area contributed by atoms with Crippen LogP contribution >= 0.6 is 0 Å². The van der Waals surface area contributed by atoms with Crippen molar-refractivity contribution in [1.82, 2.24) is 0 Å².